The molecule has 1 saturated heterocycles. The molecule has 2 amide bonds. The zero-order valence-electron chi connectivity index (χ0n) is 16.1. The molecule has 0 saturated carbocycles. The van der Waals surface area contributed by atoms with E-state index in [2.05, 4.69) is 20.9 Å². The van der Waals surface area contributed by atoms with Gasteiger partial charge in [0.2, 0.25) is 5.91 Å². The minimum Gasteiger partial charge on any atom is -0.444 e. The van der Waals surface area contributed by atoms with Crippen LogP contribution in [0.15, 0.2) is 4.99 Å². The second-order valence-electron chi connectivity index (χ2n) is 7.10. The third kappa shape index (κ3) is 8.60. The normalized spacial score (nSPS) is 18.0. The molecule has 1 unspecified atom stereocenters. The van der Waals surface area contributed by atoms with Crippen molar-refractivity contribution in [3.63, 3.8) is 0 Å². The van der Waals surface area contributed by atoms with E-state index in [-0.39, 0.29) is 11.9 Å². The zero-order chi connectivity index (χ0) is 18.9. The fourth-order valence-corrected chi connectivity index (χ4v) is 2.52. The Morgan fingerprint density at radius 1 is 1.24 bits per heavy atom. The van der Waals surface area contributed by atoms with E-state index in [0.29, 0.717) is 32.0 Å². The van der Waals surface area contributed by atoms with E-state index in [1.165, 1.54) is 0 Å². The van der Waals surface area contributed by atoms with E-state index in [0.717, 1.165) is 19.4 Å². The molecule has 1 aliphatic rings. The largest absolute Gasteiger partial charge is 0.444 e. The third-order valence-electron chi connectivity index (χ3n) is 3.72. The van der Waals surface area contributed by atoms with Gasteiger partial charge in [-0.15, -0.1) is 0 Å². The fraction of sp³-hybridized carbons (Fsp3) is 0.824. The van der Waals surface area contributed by atoms with Gasteiger partial charge in [0, 0.05) is 45.7 Å². The van der Waals surface area contributed by atoms with Crippen molar-refractivity contribution in [1.29, 1.82) is 0 Å². The summed E-state index contributed by atoms with van der Waals surface area (Å²) in [6, 6.07) is 0.224. The van der Waals surface area contributed by atoms with Gasteiger partial charge in [-0.1, -0.05) is 6.92 Å². The molecule has 25 heavy (non-hydrogen) atoms. The summed E-state index contributed by atoms with van der Waals surface area (Å²) in [5.74, 6) is 0.911. The first kappa shape index (κ1) is 21.1. The number of alkyl carbamates (subject to hydrolysis) is 1. The monoisotopic (exact) mass is 355 g/mol. The third-order valence-corrected chi connectivity index (χ3v) is 3.72. The molecule has 1 aliphatic heterocycles. The van der Waals surface area contributed by atoms with Crippen LogP contribution in [-0.4, -0.2) is 67.7 Å². The number of carbonyl (C=O) groups excluding carboxylic acids is 2. The maximum absolute atomic E-state index is 11.7. The summed E-state index contributed by atoms with van der Waals surface area (Å²) >= 11 is 0. The highest BCUT2D eigenvalue weighted by Crippen LogP contribution is 2.10. The summed E-state index contributed by atoms with van der Waals surface area (Å²) in [6.07, 6.45) is 1.82. The number of nitrogens with one attached hydrogen (secondary N) is 3. The average Bonchev–Trinajstić information content (AvgIpc) is 2.99. The molecule has 0 bridgehead atoms. The lowest BCUT2D eigenvalue weighted by Crippen LogP contribution is -2.45. The number of nitrogens with zero attached hydrogens (tertiary/aromatic N) is 2. The van der Waals surface area contributed by atoms with Gasteiger partial charge in [0.05, 0.1) is 0 Å². The Morgan fingerprint density at radius 3 is 2.52 bits per heavy atom. The maximum atomic E-state index is 11.7. The Balaban J connectivity index is 2.19. The van der Waals surface area contributed by atoms with Gasteiger partial charge in [0.25, 0.3) is 0 Å². The van der Waals surface area contributed by atoms with Crippen molar-refractivity contribution in [2.75, 3.05) is 33.2 Å². The molecule has 0 aromatic rings. The SMILES string of the molecule is CCC(=O)N1CCC(NC(=NC)NCCCNC(=O)OC(C)(C)C)C1. The number of amides is 2. The van der Waals surface area contributed by atoms with Crippen LogP contribution in [0.3, 0.4) is 0 Å². The van der Waals surface area contributed by atoms with Crippen LogP contribution in [-0.2, 0) is 9.53 Å². The topological polar surface area (TPSA) is 95.1 Å². The van der Waals surface area contributed by atoms with Gasteiger partial charge >= 0.3 is 6.09 Å². The Kier molecular flexibility index (Phi) is 8.51. The second kappa shape index (κ2) is 10.1. The highest BCUT2D eigenvalue weighted by molar-refractivity contribution is 5.80. The Labute approximate surface area is 150 Å². The lowest BCUT2D eigenvalue weighted by atomic mass is 10.2. The Hall–Kier alpha value is -1.99. The molecule has 144 valence electrons. The maximum Gasteiger partial charge on any atom is 0.407 e. The molecule has 1 rings (SSSR count). The van der Waals surface area contributed by atoms with E-state index in [1.54, 1.807) is 7.05 Å². The summed E-state index contributed by atoms with van der Waals surface area (Å²) in [7, 11) is 1.72. The molecule has 0 radical (unpaired) electrons. The summed E-state index contributed by atoms with van der Waals surface area (Å²) in [5, 5.41) is 9.28. The first-order valence-corrected chi connectivity index (χ1v) is 8.97. The smallest absolute Gasteiger partial charge is 0.407 e. The number of rotatable bonds is 6. The standard InChI is InChI=1S/C17H33N5O3/c1-6-14(23)22-11-8-13(12-22)21-15(18-5)19-9-7-10-20-16(24)25-17(2,3)4/h13H,6-12H2,1-5H3,(H,20,24)(H2,18,19,21). The number of likely N-dealkylation sites (tertiary alicyclic amines) is 1. The number of hydrogen-bond donors (Lipinski definition) is 3. The quantitative estimate of drug-likeness (QED) is 0.376. The van der Waals surface area contributed by atoms with E-state index >= 15 is 0 Å². The van der Waals surface area contributed by atoms with Crippen LogP contribution in [0.2, 0.25) is 0 Å². The molecular weight excluding hydrogens is 322 g/mol. The first-order chi connectivity index (χ1) is 11.7. The predicted molar refractivity (Wildman–Crippen MR) is 98.6 cm³/mol. The minimum absolute atomic E-state index is 0.195. The van der Waals surface area contributed by atoms with Gasteiger partial charge in [-0.2, -0.15) is 0 Å². The number of carbonyl (C=O) groups is 2. The van der Waals surface area contributed by atoms with Crippen molar-refractivity contribution in [2.45, 2.75) is 58.6 Å². The lowest BCUT2D eigenvalue weighted by Gasteiger charge is -2.20. The van der Waals surface area contributed by atoms with E-state index in [1.807, 2.05) is 32.6 Å². The van der Waals surface area contributed by atoms with E-state index < -0.39 is 11.7 Å². The molecule has 1 atom stereocenters. The van der Waals surface area contributed by atoms with Crippen LogP contribution in [0.4, 0.5) is 4.79 Å². The van der Waals surface area contributed by atoms with E-state index in [4.69, 9.17) is 4.74 Å². The van der Waals surface area contributed by atoms with Gasteiger partial charge in [0.1, 0.15) is 5.60 Å². The van der Waals surface area contributed by atoms with Crippen LogP contribution in [0.25, 0.3) is 0 Å². The summed E-state index contributed by atoms with van der Waals surface area (Å²) in [6.45, 7) is 10.1. The van der Waals surface area contributed by atoms with Crippen LogP contribution in [0, 0.1) is 0 Å². The van der Waals surface area contributed by atoms with Gasteiger partial charge in [-0.05, 0) is 33.6 Å². The van der Waals surface area contributed by atoms with Gasteiger partial charge in [-0.25, -0.2) is 4.79 Å². The molecule has 8 heteroatoms. The summed E-state index contributed by atoms with van der Waals surface area (Å²) in [4.78, 5) is 29.3. The molecule has 1 heterocycles. The molecule has 3 N–H and O–H groups in total. The molecule has 0 spiro atoms. The van der Waals surface area contributed by atoms with Crippen molar-refractivity contribution < 1.29 is 14.3 Å². The van der Waals surface area contributed by atoms with Crippen molar-refractivity contribution in [3.8, 4) is 0 Å². The number of hydrogen-bond acceptors (Lipinski definition) is 4. The minimum atomic E-state index is -0.484. The molecule has 8 nitrogen and oxygen atoms in total. The summed E-state index contributed by atoms with van der Waals surface area (Å²) in [5.41, 5.74) is -0.484. The molecule has 0 aromatic carbocycles. The Morgan fingerprint density at radius 2 is 1.92 bits per heavy atom. The van der Waals surface area contributed by atoms with E-state index in [9.17, 15) is 9.59 Å². The highest BCUT2D eigenvalue weighted by atomic mass is 16.6. The van der Waals surface area contributed by atoms with Crippen LogP contribution < -0.4 is 16.0 Å². The Bertz CT molecular complexity index is 473. The number of ether oxygens (including phenoxy) is 1. The van der Waals surface area contributed by atoms with Crippen LogP contribution >= 0.6 is 0 Å². The zero-order valence-corrected chi connectivity index (χ0v) is 16.1. The van der Waals surface area contributed by atoms with Crippen molar-refractivity contribution in [1.82, 2.24) is 20.9 Å². The van der Waals surface area contributed by atoms with Crippen molar-refractivity contribution in [2.24, 2.45) is 4.99 Å². The lowest BCUT2D eigenvalue weighted by molar-refractivity contribution is -0.129. The van der Waals surface area contributed by atoms with Gasteiger partial charge in [-0.3, -0.25) is 9.79 Å². The highest BCUT2D eigenvalue weighted by Gasteiger charge is 2.25. The van der Waals surface area contributed by atoms with Crippen molar-refractivity contribution in [3.05, 3.63) is 0 Å². The fourth-order valence-electron chi connectivity index (χ4n) is 2.52. The molecular formula is C17H33N5O3. The predicted octanol–water partition coefficient (Wildman–Crippen LogP) is 1.08. The second-order valence-corrected chi connectivity index (χ2v) is 7.10. The van der Waals surface area contributed by atoms with Gasteiger partial charge < -0.3 is 25.6 Å². The number of aliphatic imine (C=N–C) groups is 1. The van der Waals surface area contributed by atoms with Crippen LogP contribution in [0.1, 0.15) is 47.0 Å². The molecule has 0 aliphatic carbocycles. The first-order valence-electron chi connectivity index (χ1n) is 8.97. The van der Waals surface area contributed by atoms with Crippen molar-refractivity contribution >= 4 is 18.0 Å². The average molecular weight is 355 g/mol. The van der Waals surface area contributed by atoms with Crippen LogP contribution in [0.5, 0.6) is 0 Å². The molecule has 0 aromatic heterocycles. The van der Waals surface area contributed by atoms with Gasteiger partial charge in [0.15, 0.2) is 5.96 Å². The number of guanidine groups is 1. The molecule has 1 fully saturated rings. The summed E-state index contributed by atoms with van der Waals surface area (Å²) < 4.78 is 5.18.